The molecule has 1 N–H and O–H groups in total. The maximum atomic E-state index is 12.9. The molecule has 1 fully saturated rings. The number of sulfonamides is 1. The Kier molecular flexibility index (Phi) is 7.53. The molecule has 0 spiro atoms. The number of methoxy groups -OCH3 is 2. The normalized spacial score (nSPS) is 15.8. The van der Waals surface area contributed by atoms with Crippen LogP contribution < -0.4 is 14.8 Å². The van der Waals surface area contributed by atoms with Crippen LogP contribution in [0.2, 0.25) is 0 Å². The lowest BCUT2D eigenvalue weighted by atomic mass is 10.0. The fourth-order valence-corrected chi connectivity index (χ4v) is 4.92. The van der Waals surface area contributed by atoms with E-state index in [9.17, 15) is 13.2 Å². The van der Waals surface area contributed by atoms with Crippen molar-refractivity contribution >= 4 is 15.9 Å². The number of amides is 1. The first-order chi connectivity index (χ1) is 14.9. The third-order valence-corrected chi connectivity index (χ3v) is 7.12. The van der Waals surface area contributed by atoms with Crippen molar-refractivity contribution in [3.05, 3.63) is 53.6 Å². The van der Waals surface area contributed by atoms with Crippen LogP contribution in [-0.2, 0) is 14.8 Å². The first kappa shape index (κ1) is 23.1. The molecule has 1 saturated heterocycles. The summed E-state index contributed by atoms with van der Waals surface area (Å²) in [6.45, 7) is 3.29. The van der Waals surface area contributed by atoms with E-state index in [0.717, 1.165) is 5.56 Å². The van der Waals surface area contributed by atoms with Gasteiger partial charge in [-0.05, 0) is 42.3 Å². The quantitative estimate of drug-likeness (QED) is 0.667. The number of carbonyl (C=O) groups is 1. The largest absolute Gasteiger partial charge is 0.493 e. The minimum absolute atomic E-state index is 0.0983. The van der Waals surface area contributed by atoms with Gasteiger partial charge in [-0.25, -0.2) is 8.42 Å². The van der Waals surface area contributed by atoms with Crippen molar-refractivity contribution in [2.45, 2.75) is 24.3 Å². The Hall–Kier alpha value is -2.62. The van der Waals surface area contributed by atoms with Crippen LogP contribution in [0.15, 0.2) is 47.4 Å². The molecule has 2 aromatic rings. The number of nitrogens with zero attached hydrogens (tertiary/aromatic N) is 1. The highest BCUT2D eigenvalue weighted by Crippen LogP contribution is 2.31. The maximum absolute atomic E-state index is 12.9. The highest BCUT2D eigenvalue weighted by Gasteiger charge is 2.27. The van der Waals surface area contributed by atoms with Gasteiger partial charge in [-0.2, -0.15) is 4.31 Å². The number of benzene rings is 2. The monoisotopic (exact) mass is 448 g/mol. The van der Waals surface area contributed by atoms with E-state index in [1.54, 1.807) is 32.4 Å². The van der Waals surface area contributed by atoms with E-state index in [2.05, 4.69) is 5.32 Å². The van der Waals surface area contributed by atoms with Gasteiger partial charge in [0.05, 0.1) is 38.4 Å². The molecule has 0 saturated carbocycles. The summed E-state index contributed by atoms with van der Waals surface area (Å²) in [5.74, 6) is 0.834. The van der Waals surface area contributed by atoms with Crippen LogP contribution in [0.1, 0.15) is 35.3 Å². The molecule has 8 nitrogen and oxygen atoms in total. The first-order valence-corrected chi connectivity index (χ1v) is 11.6. The molecule has 3 rings (SSSR count). The highest BCUT2D eigenvalue weighted by atomic mass is 32.2. The van der Waals surface area contributed by atoms with E-state index in [0.29, 0.717) is 44.2 Å². The minimum atomic E-state index is -3.68. The summed E-state index contributed by atoms with van der Waals surface area (Å²) in [6.07, 6.45) is 0.646. The maximum Gasteiger partial charge on any atom is 0.251 e. The lowest BCUT2D eigenvalue weighted by Crippen LogP contribution is -2.40. The molecule has 1 amide bonds. The van der Waals surface area contributed by atoms with Crippen LogP contribution in [0.25, 0.3) is 0 Å². The topological polar surface area (TPSA) is 94.2 Å². The van der Waals surface area contributed by atoms with Gasteiger partial charge in [-0.1, -0.05) is 19.1 Å². The van der Waals surface area contributed by atoms with Gasteiger partial charge in [0.2, 0.25) is 10.0 Å². The molecule has 31 heavy (non-hydrogen) atoms. The van der Waals surface area contributed by atoms with Gasteiger partial charge < -0.3 is 19.5 Å². The van der Waals surface area contributed by atoms with Crippen LogP contribution in [0.4, 0.5) is 0 Å². The van der Waals surface area contributed by atoms with Crippen molar-refractivity contribution in [1.29, 1.82) is 0 Å². The van der Waals surface area contributed by atoms with Crippen molar-refractivity contribution < 1.29 is 27.4 Å². The van der Waals surface area contributed by atoms with Crippen molar-refractivity contribution in [1.82, 2.24) is 9.62 Å². The van der Waals surface area contributed by atoms with Gasteiger partial charge in [0.25, 0.3) is 5.91 Å². The molecule has 2 aromatic carbocycles. The molecule has 1 aliphatic heterocycles. The van der Waals surface area contributed by atoms with E-state index in [-0.39, 0.29) is 22.4 Å². The third-order valence-electron chi connectivity index (χ3n) is 5.23. The summed E-state index contributed by atoms with van der Waals surface area (Å²) in [6, 6.07) is 11.3. The highest BCUT2D eigenvalue weighted by molar-refractivity contribution is 7.89. The minimum Gasteiger partial charge on any atom is -0.493 e. The number of hydrogen-bond donors (Lipinski definition) is 1. The molecule has 1 heterocycles. The molecule has 0 aromatic heterocycles. The second kappa shape index (κ2) is 10.1. The van der Waals surface area contributed by atoms with Crippen molar-refractivity contribution in [3.63, 3.8) is 0 Å². The Labute approximate surface area is 183 Å². The number of hydrogen-bond acceptors (Lipinski definition) is 6. The average Bonchev–Trinajstić information content (AvgIpc) is 2.82. The van der Waals surface area contributed by atoms with Crippen LogP contribution >= 0.6 is 0 Å². The predicted molar refractivity (Wildman–Crippen MR) is 116 cm³/mol. The first-order valence-electron chi connectivity index (χ1n) is 10.1. The zero-order valence-corrected chi connectivity index (χ0v) is 18.8. The zero-order chi connectivity index (χ0) is 22.4. The smallest absolute Gasteiger partial charge is 0.251 e. The van der Waals surface area contributed by atoms with Crippen LogP contribution in [0.5, 0.6) is 11.5 Å². The molecule has 0 radical (unpaired) electrons. The van der Waals surface area contributed by atoms with Gasteiger partial charge in [0.15, 0.2) is 11.5 Å². The molecular formula is C22H28N2O6S. The van der Waals surface area contributed by atoms with Gasteiger partial charge in [0.1, 0.15) is 0 Å². The standard InChI is InChI=1S/C22H28N2O6S/c1-4-19(16-8-9-20(28-2)21(15-16)29-3)23-22(25)17-6-5-7-18(14-17)31(26,27)24-10-12-30-13-11-24/h5-9,14-15,19H,4,10-13H2,1-3H3,(H,23,25)/t19-/m0/s1. The fourth-order valence-electron chi connectivity index (χ4n) is 3.47. The average molecular weight is 449 g/mol. The molecule has 9 heteroatoms. The molecule has 1 atom stereocenters. The lowest BCUT2D eigenvalue weighted by molar-refractivity contribution is 0.0730. The van der Waals surface area contributed by atoms with Gasteiger partial charge in [-0.3, -0.25) is 4.79 Å². The predicted octanol–water partition coefficient (Wildman–Crippen LogP) is 2.61. The van der Waals surface area contributed by atoms with Gasteiger partial charge in [-0.15, -0.1) is 0 Å². The molecule has 0 aliphatic carbocycles. The summed E-state index contributed by atoms with van der Waals surface area (Å²) < 4.78 is 43.1. The third kappa shape index (κ3) is 5.17. The Bertz CT molecular complexity index is 1020. The second-order valence-electron chi connectivity index (χ2n) is 7.09. The zero-order valence-electron chi connectivity index (χ0n) is 18.0. The second-order valence-corrected chi connectivity index (χ2v) is 9.03. The van der Waals surface area contributed by atoms with E-state index >= 15 is 0 Å². The molecule has 1 aliphatic rings. The summed E-state index contributed by atoms with van der Waals surface area (Å²) >= 11 is 0. The number of ether oxygens (including phenoxy) is 3. The number of carbonyl (C=O) groups excluding carboxylic acids is 1. The Balaban J connectivity index is 1.80. The van der Waals surface area contributed by atoms with Crippen LogP contribution in [-0.4, -0.2) is 59.2 Å². The number of morpholine rings is 1. The summed E-state index contributed by atoms with van der Waals surface area (Å²) in [7, 11) is -0.557. The van der Waals surface area contributed by atoms with Gasteiger partial charge in [0, 0.05) is 18.7 Å². The summed E-state index contributed by atoms with van der Waals surface area (Å²) in [5.41, 5.74) is 1.15. The molecule has 0 bridgehead atoms. The van der Waals surface area contributed by atoms with Crippen LogP contribution in [0, 0.1) is 0 Å². The number of nitrogens with one attached hydrogen (secondary N) is 1. The van der Waals surface area contributed by atoms with E-state index in [4.69, 9.17) is 14.2 Å². The SMILES string of the molecule is CC[C@H](NC(=O)c1cccc(S(=O)(=O)N2CCOCC2)c1)c1ccc(OC)c(OC)c1. The molecule has 0 unspecified atom stereocenters. The van der Waals surface area contributed by atoms with Crippen molar-refractivity contribution in [2.75, 3.05) is 40.5 Å². The van der Waals surface area contributed by atoms with Gasteiger partial charge >= 0.3 is 0 Å². The summed E-state index contributed by atoms with van der Waals surface area (Å²) in [5, 5.41) is 2.98. The van der Waals surface area contributed by atoms with Crippen molar-refractivity contribution in [3.8, 4) is 11.5 Å². The Morgan fingerprint density at radius 2 is 1.81 bits per heavy atom. The Morgan fingerprint density at radius 1 is 1.10 bits per heavy atom. The van der Waals surface area contributed by atoms with E-state index in [1.165, 1.54) is 16.4 Å². The molecule has 168 valence electrons. The number of rotatable bonds is 8. The molecular weight excluding hydrogens is 420 g/mol. The Morgan fingerprint density at radius 3 is 2.45 bits per heavy atom. The van der Waals surface area contributed by atoms with Crippen molar-refractivity contribution in [2.24, 2.45) is 0 Å². The summed E-state index contributed by atoms with van der Waals surface area (Å²) in [4.78, 5) is 13.0. The van der Waals surface area contributed by atoms with E-state index in [1.807, 2.05) is 19.1 Å². The fraction of sp³-hybridized carbons (Fsp3) is 0.409. The lowest BCUT2D eigenvalue weighted by Gasteiger charge is -2.26. The van der Waals surface area contributed by atoms with E-state index < -0.39 is 10.0 Å². The van der Waals surface area contributed by atoms with Crippen LogP contribution in [0.3, 0.4) is 0 Å².